The zero-order valence-electron chi connectivity index (χ0n) is 10.4. The molecule has 0 spiro atoms. The molecule has 98 valence electrons. The minimum atomic E-state index is -0.402. The molecule has 0 aliphatic heterocycles. The van der Waals surface area contributed by atoms with Crippen molar-refractivity contribution >= 4 is 23.4 Å². The molecule has 0 saturated heterocycles. The van der Waals surface area contributed by atoms with Crippen molar-refractivity contribution in [2.75, 3.05) is 13.7 Å². The number of hydrogen-bond donors (Lipinski definition) is 0. The maximum absolute atomic E-state index is 11.8. The standard InChI is InChI=1S/C13H15ClO4/c1-3-18-12-6-4-9(8-10(12)14)11(15)5-7-13(16)17-2/h4,6,8H,3,5,7H2,1-2H3. The number of Topliss-reactive ketones (excluding diaryl/α,β-unsaturated/α-hetero) is 1. The van der Waals surface area contributed by atoms with Crippen LogP contribution in [-0.4, -0.2) is 25.5 Å². The predicted molar refractivity (Wildman–Crippen MR) is 68.2 cm³/mol. The van der Waals surface area contributed by atoms with E-state index in [1.54, 1.807) is 18.2 Å². The third-order valence-electron chi connectivity index (χ3n) is 2.34. The normalized spacial score (nSPS) is 9.94. The van der Waals surface area contributed by atoms with Crippen LogP contribution in [0.4, 0.5) is 0 Å². The van der Waals surface area contributed by atoms with Gasteiger partial charge in [-0.1, -0.05) is 11.6 Å². The van der Waals surface area contributed by atoms with Crippen LogP contribution in [0.5, 0.6) is 5.75 Å². The third kappa shape index (κ3) is 4.04. The lowest BCUT2D eigenvalue weighted by Gasteiger charge is -2.07. The number of rotatable bonds is 6. The second kappa shape index (κ2) is 7.01. The van der Waals surface area contributed by atoms with Crippen molar-refractivity contribution in [3.8, 4) is 5.75 Å². The molecule has 0 fully saturated rings. The number of hydrogen-bond acceptors (Lipinski definition) is 4. The van der Waals surface area contributed by atoms with Crippen LogP contribution in [0, 0.1) is 0 Å². The fourth-order valence-corrected chi connectivity index (χ4v) is 1.64. The summed E-state index contributed by atoms with van der Waals surface area (Å²) in [5.41, 5.74) is 0.465. The summed E-state index contributed by atoms with van der Waals surface area (Å²) < 4.78 is 9.74. The number of ether oxygens (including phenoxy) is 2. The molecule has 1 rings (SSSR count). The maximum Gasteiger partial charge on any atom is 0.305 e. The quantitative estimate of drug-likeness (QED) is 0.589. The zero-order chi connectivity index (χ0) is 13.5. The van der Waals surface area contributed by atoms with E-state index in [2.05, 4.69) is 4.74 Å². The molecular formula is C13H15ClO4. The van der Waals surface area contributed by atoms with Gasteiger partial charge in [0.25, 0.3) is 0 Å². The van der Waals surface area contributed by atoms with Crippen molar-refractivity contribution in [2.24, 2.45) is 0 Å². The Morgan fingerprint density at radius 2 is 2.00 bits per heavy atom. The monoisotopic (exact) mass is 270 g/mol. The number of methoxy groups -OCH3 is 1. The van der Waals surface area contributed by atoms with Gasteiger partial charge < -0.3 is 9.47 Å². The van der Waals surface area contributed by atoms with Crippen LogP contribution in [0.25, 0.3) is 0 Å². The van der Waals surface area contributed by atoms with E-state index in [-0.39, 0.29) is 18.6 Å². The number of esters is 1. The topological polar surface area (TPSA) is 52.6 Å². The number of carbonyl (C=O) groups excluding carboxylic acids is 2. The lowest BCUT2D eigenvalue weighted by atomic mass is 10.1. The molecule has 0 amide bonds. The molecule has 4 nitrogen and oxygen atoms in total. The lowest BCUT2D eigenvalue weighted by Crippen LogP contribution is -2.06. The molecule has 1 aromatic carbocycles. The van der Waals surface area contributed by atoms with Gasteiger partial charge in [-0.15, -0.1) is 0 Å². The molecule has 5 heteroatoms. The highest BCUT2D eigenvalue weighted by atomic mass is 35.5. The highest BCUT2D eigenvalue weighted by Crippen LogP contribution is 2.26. The minimum Gasteiger partial charge on any atom is -0.492 e. The van der Waals surface area contributed by atoms with E-state index in [0.717, 1.165) is 0 Å². The summed E-state index contributed by atoms with van der Waals surface area (Å²) in [7, 11) is 1.29. The largest absolute Gasteiger partial charge is 0.492 e. The van der Waals surface area contributed by atoms with Gasteiger partial charge >= 0.3 is 5.97 Å². The maximum atomic E-state index is 11.8. The summed E-state index contributed by atoms with van der Waals surface area (Å²) in [6, 6.07) is 4.83. The second-order valence-corrected chi connectivity index (χ2v) is 3.98. The van der Waals surface area contributed by atoms with Crippen molar-refractivity contribution in [1.29, 1.82) is 0 Å². The first kappa shape index (κ1) is 14.5. The Hall–Kier alpha value is -1.55. The van der Waals surface area contributed by atoms with Gasteiger partial charge in [0.05, 0.1) is 25.2 Å². The molecular weight excluding hydrogens is 256 g/mol. The van der Waals surface area contributed by atoms with E-state index in [4.69, 9.17) is 16.3 Å². The number of halogens is 1. The summed E-state index contributed by atoms with van der Waals surface area (Å²) >= 11 is 5.97. The number of ketones is 1. The highest BCUT2D eigenvalue weighted by molar-refractivity contribution is 6.32. The SMILES string of the molecule is CCOc1ccc(C(=O)CCC(=O)OC)cc1Cl. The van der Waals surface area contributed by atoms with Gasteiger partial charge in [0, 0.05) is 12.0 Å². The Bertz CT molecular complexity index is 443. The Kier molecular flexibility index (Phi) is 5.65. The molecule has 0 aliphatic carbocycles. The van der Waals surface area contributed by atoms with E-state index < -0.39 is 5.97 Å². The van der Waals surface area contributed by atoms with Crippen LogP contribution in [0.15, 0.2) is 18.2 Å². The molecule has 18 heavy (non-hydrogen) atoms. The lowest BCUT2D eigenvalue weighted by molar-refractivity contribution is -0.140. The summed E-state index contributed by atoms with van der Waals surface area (Å²) in [5, 5.41) is 0.390. The van der Waals surface area contributed by atoms with E-state index >= 15 is 0 Å². The van der Waals surface area contributed by atoms with E-state index in [9.17, 15) is 9.59 Å². The summed E-state index contributed by atoms with van der Waals surface area (Å²) in [4.78, 5) is 22.7. The van der Waals surface area contributed by atoms with Gasteiger partial charge in [-0.25, -0.2) is 0 Å². The highest BCUT2D eigenvalue weighted by Gasteiger charge is 2.11. The Morgan fingerprint density at radius 1 is 1.28 bits per heavy atom. The minimum absolute atomic E-state index is 0.0696. The molecule has 0 aliphatic rings. The van der Waals surface area contributed by atoms with Crippen LogP contribution in [-0.2, 0) is 9.53 Å². The first-order chi connectivity index (χ1) is 8.58. The summed E-state index contributed by atoms with van der Waals surface area (Å²) in [6.45, 7) is 2.36. The molecule has 0 N–H and O–H groups in total. The van der Waals surface area contributed by atoms with Gasteiger partial charge in [0.15, 0.2) is 5.78 Å². The average molecular weight is 271 g/mol. The zero-order valence-corrected chi connectivity index (χ0v) is 11.1. The smallest absolute Gasteiger partial charge is 0.305 e. The Labute approximate surface area is 111 Å². The van der Waals surface area contributed by atoms with Crippen LogP contribution < -0.4 is 4.74 Å². The first-order valence-electron chi connectivity index (χ1n) is 5.60. The van der Waals surface area contributed by atoms with E-state index in [1.165, 1.54) is 7.11 Å². The average Bonchev–Trinajstić information content (AvgIpc) is 2.38. The van der Waals surface area contributed by atoms with Crippen molar-refractivity contribution in [1.82, 2.24) is 0 Å². The van der Waals surface area contributed by atoms with Crippen LogP contribution in [0.3, 0.4) is 0 Å². The molecule has 0 bridgehead atoms. The third-order valence-corrected chi connectivity index (χ3v) is 2.63. The van der Waals surface area contributed by atoms with Crippen molar-refractivity contribution in [3.05, 3.63) is 28.8 Å². The first-order valence-corrected chi connectivity index (χ1v) is 5.98. The molecule has 0 saturated carbocycles. The predicted octanol–water partition coefficient (Wildman–Crippen LogP) is 2.87. The molecule has 0 unspecified atom stereocenters. The second-order valence-electron chi connectivity index (χ2n) is 3.58. The van der Waals surface area contributed by atoms with Gasteiger partial charge in [0.2, 0.25) is 0 Å². The summed E-state index contributed by atoms with van der Waals surface area (Å²) in [5.74, 6) is -0.00517. The molecule has 1 aromatic rings. The molecule has 0 heterocycles. The van der Waals surface area contributed by atoms with Gasteiger partial charge in [-0.2, -0.15) is 0 Å². The van der Waals surface area contributed by atoms with Crippen LogP contribution in [0.2, 0.25) is 5.02 Å². The molecule has 0 atom stereocenters. The Morgan fingerprint density at radius 3 is 2.56 bits per heavy atom. The van der Waals surface area contributed by atoms with Crippen molar-refractivity contribution in [3.63, 3.8) is 0 Å². The van der Waals surface area contributed by atoms with Gasteiger partial charge in [-0.3, -0.25) is 9.59 Å². The molecule has 0 radical (unpaired) electrons. The van der Waals surface area contributed by atoms with Crippen LogP contribution >= 0.6 is 11.6 Å². The fraction of sp³-hybridized carbons (Fsp3) is 0.385. The van der Waals surface area contributed by atoms with E-state index in [0.29, 0.717) is 22.9 Å². The van der Waals surface area contributed by atoms with Crippen molar-refractivity contribution in [2.45, 2.75) is 19.8 Å². The molecule has 0 aromatic heterocycles. The summed E-state index contributed by atoms with van der Waals surface area (Å²) in [6.07, 6.45) is 0.178. The van der Waals surface area contributed by atoms with Crippen LogP contribution in [0.1, 0.15) is 30.1 Å². The van der Waals surface area contributed by atoms with Crippen molar-refractivity contribution < 1.29 is 19.1 Å². The van der Waals surface area contributed by atoms with Gasteiger partial charge in [-0.05, 0) is 25.1 Å². The van der Waals surface area contributed by atoms with E-state index in [1.807, 2.05) is 6.92 Å². The van der Waals surface area contributed by atoms with Gasteiger partial charge in [0.1, 0.15) is 5.75 Å². The number of benzene rings is 1. The fourth-order valence-electron chi connectivity index (χ4n) is 1.41. The number of carbonyl (C=O) groups is 2. The Balaban J connectivity index is 2.69.